The van der Waals surface area contributed by atoms with Crippen LogP contribution in [0.1, 0.15) is 51.7 Å². The van der Waals surface area contributed by atoms with Crippen LogP contribution in [-0.2, 0) is 6.42 Å². The van der Waals surface area contributed by atoms with E-state index in [1.807, 2.05) is 37.4 Å². The fourth-order valence-electron chi connectivity index (χ4n) is 2.66. The van der Waals surface area contributed by atoms with Crippen molar-refractivity contribution in [2.75, 3.05) is 5.32 Å². The highest BCUT2D eigenvalue weighted by atomic mass is 32.1. The maximum Gasteiger partial charge on any atom is 0.257 e. The summed E-state index contributed by atoms with van der Waals surface area (Å²) in [5.41, 5.74) is 4.25. The average molecular weight is 350 g/mol. The first-order valence-electron chi connectivity index (χ1n) is 8.43. The third kappa shape index (κ3) is 4.34. The molecule has 1 heterocycles. The molecule has 128 valence electrons. The molecule has 0 radical (unpaired) electrons. The zero-order chi connectivity index (χ0) is 17.8. The molecule has 1 N–H and O–H groups in total. The van der Waals surface area contributed by atoms with Gasteiger partial charge < -0.3 is 0 Å². The number of carbonyl (C=O) groups excluding carboxylic acids is 1. The summed E-state index contributed by atoms with van der Waals surface area (Å²) in [6.45, 7) is 6.33. The molecule has 4 heteroatoms. The summed E-state index contributed by atoms with van der Waals surface area (Å²) in [5, 5.41) is 3.54. The topological polar surface area (TPSA) is 42.0 Å². The molecule has 0 aliphatic heterocycles. The molecule has 0 unspecified atom stereocenters. The van der Waals surface area contributed by atoms with E-state index in [1.165, 1.54) is 22.5 Å². The Kier molecular flexibility index (Phi) is 5.29. The highest BCUT2D eigenvalue weighted by Crippen LogP contribution is 2.23. The molecule has 0 saturated heterocycles. The molecule has 0 saturated carbocycles. The van der Waals surface area contributed by atoms with Gasteiger partial charge in [0.2, 0.25) is 0 Å². The van der Waals surface area contributed by atoms with Crippen molar-refractivity contribution in [1.29, 1.82) is 0 Å². The van der Waals surface area contributed by atoms with E-state index in [4.69, 9.17) is 0 Å². The second-order valence-electron chi connectivity index (χ2n) is 6.47. The molecule has 0 aliphatic carbocycles. The molecule has 0 aliphatic rings. The number of aromatic nitrogens is 1. The summed E-state index contributed by atoms with van der Waals surface area (Å²) < 4.78 is 0. The Labute approximate surface area is 152 Å². The van der Waals surface area contributed by atoms with Gasteiger partial charge in [-0.25, -0.2) is 4.98 Å². The van der Waals surface area contributed by atoms with E-state index in [0.717, 1.165) is 16.9 Å². The van der Waals surface area contributed by atoms with Crippen LogP contribution >= 0.6 is 11.3 Å². The van der Waals surface area contributed by atoms with Crippen molar-refractivity contribution in [2.45, 2.75) is 33.1 Å². The van der Waals surface area contributed by atoms with Gasteiger partial charge in [0, 0.05) is 23.1 Å². The molecule has 0 spiro atoms. The van der Waals surface area contributed by atoms with Crippen LogP contribution in [0.3, 0.4) is 0 Å². The number of hydrogen-bond donors (Lipinski definition) is 1. The number of nitrogens with zero attached hydrogens (tertiary/aromatic N) is 1. The smallest absolute Gasteiger partial charge is 0.257 e. The first kappa shape index (κ1) is 17.4. The molecule has 0 fully saturated rings. The van der Waals surface area contributed by atoms with Crippen LogP contribution in [0.25, 0.3) is 0 Å². The molecule has 0 bridgehead atoms. The van der Waals surface area contributed by atoms with Crippen LogP contribution in [0.4, 0.5) is 5.13 Å². The van der Waals surface area contributed by atoms with Crippen molar-refractivity contribution in [2.24, 2.45) is 0 Å². The van der Waals surface area contributed by atoms with Gasteiger partial charge in [-0.1, -0.05) is 56.3 Å². The molecule has 3 aromatic rings. The van der Waals surface area contributed by atoms with Crippen molar-refractivity contribution in [3.8, 4) is 0 Å². The van der Waals surface area contributed by atoms with Crippen molar-refractivity contribution >= 4 is 22.4 Å². The quantitative estimate of drug-likeness (QED) is 0.668. The molecule has 3 nitrogen and oxygen atoms in total. The lowest BCUT2D eigenvalue weighted by Gasteiger charge is -2.06. The van der Waals surface area contributed by atoms with Gasteiger partial charge in [0.25, 0.3) is 5.91 Å². The Morgan fingerprint density at radius 2 is 1.84 bits per heavy atom. The summed E-state index contributed by atoms with van der Waals surface area (Å²) in [6.07, 6.45) is 2.67. The Bertz CT molecular complexity index is 866. The number of thiazole rings is 1. The first-order chi connectivity index (χ1) is 12.0. The Hall–Kier alpha value is -2.46. The third-order valence-corrected chi connectivity index (χ3v) is 5.10. The standard InChI is InChI=1S/C21H22N2OS/c1-14(2)17-10-8-16(9-11-17)12-18-13-22-21(25-18)23-20(24)19-7-5-4-6-15(19)3/h4-11,13-14H,12H2,1-3H3,(H,22,23,24). The van der Waals surface area contributed by atoms with Gasteiger partial charge >= 0.3 is 0 Å². The SMILES string of the molecule is Cc1ccccc1C(=O)Nc1ncc(Cc2ccc(C(C)C)cc2)s1. The summed E-state index contributed by atoms with van der Waals surface area (Å²) >= 11 is 1.52. The normalized spacial score (nSPS) is 10.9. The lowest BCUT2D eigenvalue weighted by Crippen LogP contribution is -2.12. The van der Waals surface area contributed by atoms with E-state index in [2.05, 4.69) is 48.4 Å². The monoisotopic (exact) mass is 350 g/mol. The molecular weight excluding hydrogens is 328 g/mol. The molecule has 1 amide bonds. The first-order valence-corrected chi connectivity index (χ1v) is 9.25. The van der Waals surface area contributed by atoms with E-state index < -0.39 is 0 Å². The third-order valence-electron chi connectivity index (χ3n) is 4.19. The van der Waals surface area contributed by atoms with Crippen molar-refractivity contribution in [1.82, 2.24) is 4.98 Å². The highest BCUT2D eigenvalue weighted by molar-refractivity contribution is 7.15. The Balaban J connectivity index is 1.66. The van der Waals surface area contributed by atoms with E-state index in [1.54, 1.807) is 0 Å². The summed E-state index contributed by atoms with van der Waals surface area (Å²) in [5.74, 6) is 0.431. The zero-order valence-electron chi connectivity index (χ0n) is 14.7. The van der Waals surface area contributed by atoms with Crippen molar-refractivity contribution < 1.29 is 4.79 Å². The second kappa shape index (κ2) is 7.62. The van der Waals surface area contributed by atoms with Crippen LogP contribution in [0.15, 0.2) is 54.7 Å². The van der Waals surface area contributed by atoms with Gasteiger partial charge in [0.1, 0.15) is 0 Å². The molecular formula is C21H22N2OS. The average Bonchev–Trinajstić information content (AvgIpc) is 3.02. The molecule has 0 atom stereocenters. The summed E-state index contributed by atoms with van der Waals surface area (Å²) in [6, 6.07) is 16.3. The second-order valence-corrected chi connectivity index (χ2v) is 7.59. The van der Waals surface area contributed by atoms with Crippen molar-refractivity contribution in [3.05, 3.63) is 81.9 Å². The maximum absolute atomic E-state index is 12.4. The van der Waals surface area contributed by atoms with E-state index in [9.17, 15) is 4.79 Å². The number of benzene rings is 2. The lowest BCUT2D eigenvalue weighted by atomic mass is 10.0. The van der Waals surface area contributed by atoms with Crippen LogP contribution in [-0.4, -0.2) is 10.9 Å². The number of anilines is 1. The van der Waals surface area contributed by atoms with Gasteiger partial charge in [-0.15, -0.1) is 11.3 Å². The zero-order valence-corrected chi connectivity index (χ0v) is 15.6. The fourth-order valence-corrected chi connectivity index (χ4v) is 3.50. The molecule has 1 aromatic heterocycles. The Morgan fingerprint density at radius 1 is 1.12 bits per heavy atom. The highest BCUT2D eigenvalue weighted by Gasteiger charge is 2.11. The summed E-state index contributed by atoms with van der Waals surface area (Å²) in [7, 11) is 0. The predicted molar refractivity (Wildman–Crippen MR) is 105 cm³/mol. The number of hydrogen-bond acceptors (Lipinski definition) is 3. The number of amides is 1. The fraction of sp³-hybridized carbons (Fsp3) is 0.238. The van der Waals surface area contributed by atoms with Crippen LogP contribution in [0, 0.1) is 6.92 Å². The van der Waals surface area contributed by atoms with Gasteiger partial charge in [-0.2, -0.15) is 0 Å². The van der Waals surface area contributed by atoms with E-state index in [0.29, 0.717) is 16.6 Å². The predicted octanol–water partition coefficient (Wildman–Crippen LogP) is 5.42. The van der Waals surface area contributed by atoms with E-state index >= 15 is 0 Å². The van der Waals surface area contributed by atoms with Crippen LogP contribution < -0.4 is 5.32 Å². The number of aryl methyl sites for hydroxylation is 1. The minimum atomic E-state index is -0.111. The number of carbonyl (C=O) groups is 1. The van der Waals surface area contributed by atoms with Crippen LogP contribution in [0.2, 0.25) is 0 Å². The van der Waals surface area contributed by atoms with Crippen molar-refractivity contribution in [3.63, 3.8) is 0 Å². The van der Waals surface area contributed by atoms with Gasteiger partial charge in [0.05, 0.1) is 0 Å². The van der Waals surface area contributed by atoms with Crippen LogP contribution in [0.5, 0.6) is 0 Å². The van der Waals surface area contributed by atoms with Gasteiger partial charge in [-0.05, 0) is 35.6 Å². The van der Waals surface area contributed by atoms with Gasteiger partial charge in [0.15, 0.2) is 5.13 Å². The lowest BCUT2D eigenvalue weighted by molar-refractivity contribution is 0.102. The Morgan fingerprint density at radius 3 is 2.52 bits per heavy atom. The minimum Gasteiger partial charge on any atom is -0.298 e. The molecule has 2 aromatic carbocycles. The number of nitrogens with one attached hydrogen (secondary N) is 1. The number of rotatable bonds is 5. The largest absolute Gasteiger partial charge is 0.298 e. The maximum atomic E-state index is 12.4. The summed E-state index contributed by atoms with van der Waals surface area (Å²) in [4.78, 5) is 17.8. The van der Waals surface area contributed by atoms with Gasteiger partial charge in [-0.3, -0.25) is 10.1 Å². The molecule has 25 heavy (non-hydrogen) atoms. The molecule has 3 rings (SSSR count). The minimum absolute atomic E-state index is 0.111. The van der Waals surface area contributed by atoms with E-state index in [-0.39, 0.29) is 5.91 Å².